The Morgan fingerprint density at radius 1 is 1.58 bits per heavy atom. The van der Waals surface area contributed by atoms with Gasteiger partial charge < -0.3 is 20.3 Å². The van der Waals surface area contributed by atoms with Crippen LogP contribution in [0.25, 0.3) is 0 Å². The van der Waals surface area contributed by atoms with Gasteiger partial charge in [-0.3, -0.25) is 0 Å². The van der Waals surface area contributed by atoms with Crippen molar-refractivity contribution in [1.29, 1.82) is 0 Å². The molecule has 1 saturated heterocycles. The van der Waals surface area contributed by atoms with E-state index in [1.165, 1.54) is 0 Å². The minimum Gasteiger partial charge on any atom is -0.481 e. The molecule has 0 bridgehead atoms. The number of aromatic nitrogens is 1. The first-order chi connectivity index (χ1) is 9.10. The summed E-state index contributed by atoms with van der Waals surface area (Å²) in [6, 6.07) is 3.80. The molecule has 0 radical (unpaired) electrons. The van der Waals surface area contributed by atoms with Crippen LogP contribution >= 0.6 is 0 Å². The van der Waals surface area contributed by atoms with Crippen molar-refractivity contribution in [2.24, 2.45) is 0 Å². The van der Waals surface area contributed by atoms with E-state index >= 15 is 0 Å². The van der Waals surface area contributed by atoms with Crippen LogP contribution in [-0.2, 0) is 0 Å². The first kappa shape index (κ1) is 13.6. The highest BCUT2D eigenvalue weighted by Gasteiger charge is 2.20. The van der Waals surface area contributed by atoms with E-state index in [4.69, 9.17) is 4.74 Å². The van der Waals surface area contributed by atoms with E-state index < -0.39 is 0 Å². The summed E-state index contributed by atoms with van der Waals surface area (Å²) < 4.78 is 5.04. The standard InChI is InChI=1S/C13H20N4O2/c1-9-8-17(7-6-14-9)13(18)16-11-4-5-12(19-3)15-10(11)2/h4-5,9,14H,6-8H2,1-3H3,(H,16,18). The number of aryl methyl sites for hydroxylation is 1. The van der Waals surface area contributed by atoms with Gasteiger partial charge in [-0.05, 0) is 19.9 Å². The quantitative estimate of drug-likeness (QED) is 0.843. The second-order valence-corrected chi connectivity index (χ2v) is 4.72. The molecular weight excluding hydrogens is 244 g/mol. The average Bonchev–Trinajstić information content (AvgIpc) is 2.41. The number of ether oxygens (including phenoxy) is 1. The molecule has 6 nitrogen and oxygen atoms in total. The smallest absolute Gasteiger partial charge is 0.321 e. The number of amides is 2. The lowest BCUT2D eigenvalue weighted by Crippen LogP contribution is -2.52. The molecule has 1 aromatic rings. The Bertz CT molecular complexity index is 464. The molecular formula is C13H20N4O2. The molecule has 0 aliphatic carbocycles. The van der Waals surface area contributed by atoms with Crippen molar-refractivity contribution in [2.75, 3.05) is 32.1 Å². The maximum atomic E-state index is 12.1. The van der Waals surface area contributed by atoms with Gasteiger partial charge in [0.2, 0.25) is 5.88 Å². The molecule has 2 rings (SSSR count). The molecule has 1 unspecified atom stereocenters. The van der Waals surface area contributed by atoms with Gasteiger partial charge >= 0.3 is 6.03 Å². The van der Waals surface area contributed by atoms with Crippen molar-refractivity contribution in [3.63, 3.8) is 0 Å². The Hall–Kier alpha value is -1.82. The van der Waals surface area contributed by atoms with Gasteiger partial charge in [-0.2, -0.15) is 0 Å². The van der Waals surface area contributed by atoms with E-state index in [-0.39, 0.29) is 6.03 Å². The molecule has 1 aliphatic rings. The summed E-state index contributed by atoms with van der Waals surface area (Å²) in [7, 11) is 1.57. The number of hydrogen-bond donors (Lipinski definition) is 2. The zero-order chi connectivity index (χ0) is 13.8. The molecule has 1 aromatic heterocycles. The summed E-state index contributed by atoms with van der Waals surface area (Å²) in [5, 5.41) is 6.20. The SMILES string of the molecule is COc1ccc(NC(=O)N2CCNC(C)C2)c(C)n1. The van der Waals surface area contributed by atoms with Crippen molar-refractivity contribution < 1.29 is 9.53 Å². The second kappa shape index (κ2) is 5.88. The first-order valence-corrected chi connectivity index (χ1v) is 6.41. The Kier molecular flexibility index (Phi) is 4.21. The number of methoxy groups -OCH3 is 1. The maximum absolute atomic E-state index is 12.1. The number of rotatable bonds is 2. The molecule has 0 aromatic carbocycles. The van der Waals surface area contributed by atoms with Crippen LogP contribution in [0.3, 0.4) is 0 Å². The van der Waals surface area contributed by atoms with Crippen LogP contribution in [0, 0.1) is 6.92 Å². The predicted octanol–water partition coefficient (Wildman–Crippen LogP) is 1.22. The summed E-state index contributed by atoms with van der Waals surface area (Å²) >= 11 is 0. The Morgan fingerprint density at radius 2 is 2.37 bits per heavy atom. The number of piperazine rings is 1. The lowest BCUT2D eigenvalue weighted by Gasteiger charge is -2.32. The number of carbonyl (C=O) groups excluding carboxylic acids is 1. The van der Waals surface area contributed by atoms with Crippen molar-refractivity contribution in [1.82, 2.24) is 15.2 Å². The normalized spacial score (nSPS) is 19.1. The van der Waals surface area contributed by atoms with Gasteiger partial charge in [0.25, 0.3) is 0 Å². The van der Waals surface area contributed by atoms with Gasteiger partial charge in [0.15, 0.2) is 0 Å². The summed E-state index contributed by atoms with van der Waals surface area (Å²) in [5.74, 6) is 0.547. The molecule has 6 heteroatoms. The third-order valence-corrected chi connectivity index (χ3v) is 3.17. The van der Waals surface area contributed by atoms with E-state index in [1.54, 1.807) is 13.2 Å². The molecule has 2 amide bonds. The van der Waals surface area contributed by atoms with Gasteiger partial charge in [-0.25, -0.2) is 9.78 Å². The van der Waals surface area contributed by atoms with Crippen molar-refractivity contribution in [3.8, 4) is 5.88 Å². The highest BCUT2D eigenvalue weighted by molar-refractivity contribution is 5.90. The van der Waals surface area contributed by atoms with E-state index in [1.807, 2.05) is 17.9 Å². The van der Waals surface area contributed by atoms with E-state index in [0.29, 0.717) is 18.5 Å². The highest BCUT2D eigenvalue weighted by Crippen LogP contribution is 2.17. The van der Waals surface area contributed by atoms with E-state index in [2.05, 4.69) is 22.5 Å². The summed E-state index contributed by atoms with van der Waals surface area (Å²) in [5.41, 5.74) is 1.47. The molecule has 0 spiro atoms. The number of hydrogen-bond acceptors (Lipinski definition) is 4. The molecule has 104 valence electrons. The molecule has 1 fully saturated rings. The van der Waals surface area contributed by atoms with Gasteiger partial charge in [-0.15, -0.1) is 0 Å². The molecule has 1 aliphatic heterocycles. The fourth-order valence-electron chi connectivity index (χ4n) is 2.09. The van der Waals surface area contributed by atoms with E-state index in [9.17, 15) is 4.79 Å². The van der Waals surface area contributed by atoms with Crippen molar-refractivity contribution in [3.05, 3.63) is 17.8 Å². The summed E-state index contributed by atoms with van der Waals surface area (Å²) in [6.07, 6.45) is 0. The first-order valence-electron chi connectivity index (χ1n) is 6.41. The van der Waals surface area contributed by atoms with Gasteiger partial charge in [0.1, 0.15) is 0 Å². The topological polar surface area (TPSA) is 66.5 Å². The zero-order valence-electron chi connectivity index (χ0n) is 11.6. The van der Waals surface area contributed by atoms with Gasteiger partial charge in [0, 0.05) is 31.7 Å². The van der Waals surface area contributed by atoms with Crippen LogP contribution < -0.4 is 15.4 Å². The summed E-state index contributed by atoms with van der Waals surface area (Å²) in [6.45, 7) is 6.18. The number of carbonyl (C=O) groups is 1. The van der Waals surface area contributed by atoms with E-state index in [0.717, 1.165) is 24.5 Å². The summed E-state index contributed by atoms with van der Waals surface area (Å²) in [4.78, 5) is 18.2. The molecule has 0 saturated carbocycles. The second-order valence-electron chi connectivity index (χ2n) is 4.72. The number of nitrogens with one attached hydrogen (secondary N) is 2. The Balaban J connectivity index is 2.02. The highest BCUT2D eigenvalue weighted by atomic mass is 16.5. The van der Waals surface area contributed by atoms with Crippen LogP contribution in [0.1, 0.15) is 12.6 Å². The third kappa shape index (κ3) is 3.35. The Labute approximate surface area is 113 Å². The van der Waals surface area contributed by atoms with Crippen molar-refractivity contribution in [2.45, 2.75) is 19.9 Å². The van der Waals surface area contributed by atoms with Crippen LogP contribution in [0.5, 0.6) is 5.88 Å². The third-order valence-electron chi connectivity index (χ3n) is 3.17. The predicted molar refractivity (Wildman–Crippen MR) is 73.6 cm³/mol. The lowest BCUT2D eigenvalue weighted by molar-refractivity contribution is 0.192. The average molecular weight is 264 g/mol. The number of anilines is 1. The number of urea groups is 1. The molecule has 2 heterocycles. The van der Waals surface area contributed by atoms with Crippen LogP contribution in [0.4, 0.5) is 10.5 Å². The number of pyridine rings is 1. The maximum Gasteiger partial charge on any atom is 0.321 e. The van der Waals surface area contributed by atoms with Gasteiger partial charge in [0.05, 0.1) is 18.5 Å². The fourth-order valence-corrected chi connectivity index (χ4v) is 2.09. The lowest BCUT2D eigenvalue weighted by atomic mass is 10.2. The minimum absolute atomic E-state index is 0.0802. The van der Waals surface area contributed by atoms with Crippen LogP contribution in [0.2, 0.25) is 0 Å². The Morgan fingerprint density at radius 3 is 3.00 bits per heavy atom. The van der Waals surface area contributed by atoms with Crippen molar-refractivity contribution >= 4 is 11.7 Å². The number of nitrogens with zero attached hydrogens (tertiary/aromatic N) is 2. The molecule has 1 atom stereocenters. The van der Waals surface area contributed by atoms with Crippen LogP contribution in [0.15, 0.2) is 12.1 Å². The largest absolute Gasteiger partial charge is 0.481 e. The molecule has 19 heavy (non-hydrogen) atoms. The zero-order valence-corrected chi connectivity index (χ0v) is 11.6. The monoisotopic (exact) mass is 264 g/mol. The minimum atomic E-state index is -0.0802. The van der Waals surface area contributed by atoms with Crippen LogP contribution in [-0.4, -0.2) is 48.7 Å². The molecule has 2 N–H and O–H groups in total. The van der Waals surface area contributed by atoms with Gasteiger partial charge in [-0.1, -0.05) is 0 Å². The fraction of sp³-hybridized carbons (Fsp3) is 0.538.